The van der Waals surface area contributed by atoms with Crippen molar-refractivity contribution in [1.82, 2.24) is 0 Å². The molecule has 1 fully saturated rings. The lowest BCUT2D eigenvalue weighted by Gasteiger charge is -2.13. The molecule has 0 spiro atoms. The first-order valence-corrected chi connectivity index (χ1v) is 6.92. The van der Waals surface area contributed by atoms with Crippen molar-refractivity contribution in [2.45, 2.75) is 33.3 Å². The van der Waals surface area contributed by atoms with Crippen molar-refractivity contribution in [3.63, 3.8) is 0 Å². The minimum Gasteiger partial charge on any atom is -0.373 e. The van der Waals surface area contributed by atoms with Gasteiger partial charge in [0, 0.05) is 6.42 Å². The van der Waals surface area contributed by atoms with Crippen LogP contribution in [0.15, 0.2) is 36.4 Å². The van der Waals surface area contributed by atoms with Crippen LogP contribution in [0.3, 0.4) is 0 Å². The summed E-state index contributed by atoms with van der Waals surface area (Å²) in [6.45, 7) is 7.41. The number of benzene rings is 2. The third-order valence-electron chi connectivity index (χ3n) is 3.78. The Kier molecular flexibility index (Phi) is 3.16. The van der Waals surface area contributed by atoms with Gasteiger partial charge in [-0.2, -0.15) is 0 Å². The lowest BCUT2D eigenvalue weighted by atomic mass is 9.92. The molecule has 1 nitrogen and oxygen atoms in total. The maximum Gasteiger partial charge on any atom is 0.0850 e. The summed E-state index contributed by atoms with van der Waals surface area (Å²) in [5, 5.41) is 0. The molecule has 1 heterocycles. The van der Waals surface area contributed by atoms with Crippen LogP contribution < -0.4 is 0 Å². The zero-order chi connectivity index (χ0) is 13.4. The Morgan fingerprint density at radius 3 is 2.21 bits per heavy atom. The van der Waals surface area contributed by atoms with Gasteiger partial charge in [0.05, 0.1) is 12.7 Å². The first-order valence-electron chi connectivity index (χ1n) is 6.92. The summed E-state index contributed by atoms with van der Waals surface area (Å²) in [6.07, 6.45) is 1.47. The quantitative estimate of drug-likeness (QED) is 0.745. The first-order chi connectivity index (χ1) is 9.13. The lowest BCUT2D eigenvalue weighted by molar-refractivity contribution is 0.408. The smallest absolute Gasteiger partial charge is 0.0850 e. The molecular weight excluding hydrogens is 232 g/mol. The number of rotatable bonds is 3. The molecule has 0 aliphatic carbocycles. The van der Waals surface area contributed by atoms with Crippen LogP contribution in [-0.4, -0.2) is 12.7 Å². The van der Waals surface area contributed by atoms with Crippen molar-refractivity contribution in [2.24, 2.45) is 0 Å². The van der Waals surface area contributed by atoms with E-state index in [9.17, 15) is 0 Å². The molecule has 2 aromatic carbocycles. The van der Waals surface area contributed by atoms with E-state index in [0.717, 1.165) is 13.0 Å². The molecule has 2 aromatic rings. The van der Waals surface area contributed by atoms with Gasteiger partial charge in [-0.1, -0.05) is 47.5 Å². The lowest BCUT2D eigenvalue weighted by Crippen LogP contribution is -1.98. The fourth-order valence-corrected chi connectivity index (χ4v) is 2.70. The van der Waals surface area contributed by atoms with Gasteiger partial charge in [-0.25, -0.2) is 0 Å². The molecule has 1 aliphatic rings. The van der Waals surface area contributed by atoms with Crippen LogP contribution in [0.1, 0.15) is 22.3 Å². The number of ether oxygens (including phenoxy) is 1. The van der Waals surface area contributed by atoms with Crippen molar-refractivity contribution in [3.8, 4) is 11.1 Å². The topological polar surface area (TPSA) is 12.5 Å². The Bertz CT molecular complexity index is 609. The van der Waals surface area contributed by atoms with Crippen LogP contribution in [0, 0.1) is 20.8 Å². The van der Waals surface area contributed by atoms with Gasteiger partial charge < -0.3 is 4.74 Å². The largest absolute Gasteiger partial charge is 0.373 e. The summed E-state index contributed by atoms with van der Waals surface area (Å²) in [7, 11) is 0. The number of aryl methyl sites for hydroxylation is 3. The molecule has 1 heteroatoms. The molecule has 0 radical (unpaired) electrons. The third kappa shape index (κ3) is 2.71. The fourth-order valence-electron chi connectivity index (χ4n) is 2.70. The second kappa shape index (κ2) is 4.82. The van der Waals surface area contributed by atoms with Crippen LogP contribution in [0.25, 0.3) is 11.1 Å². The highest BCUT2D eigenvalue weighted by Gasteiger charge is 2.24. The zero-order valence-corrected chi connectivity index (χ0v) is 11.9. The molecule has 98 valence electrons. The number of epoxide rings is 1. The first kappa shape index (κ1) is 12.4. The summed E-state index contributed by atoms with van der Waals surface area (Å²) in [5.74, 6) is 0. The normalized spacial score (nSPS) is 17.5. The van der Waals surface area contributed by atoms with Gasteiger partial charge in [-0.15, -0.1) is 0 Å². The standard InChI is InChI=1S/C18H20O/c1-12-4-6-17(14(3)8-12)18-7-5-13(2)9-15(18)10-16-11-19-16/h4-9,16H,10-11H2,1-3H3. The van der Waals surface area contributed by atoms with Crippen LogP contribution in [0.2, 0.25) is 0 Å². The van der Waals surface area contributed by atoms with Crippen molar-refractivity contribution >= 4 is 0 Å². The van der Waals surface area contributed by atoms with Gasteiger partial charge in [0.15, 0.2) is 0 Å². The summed E-state index contributed by atoms with van der Waals surface area (Å²) in [5.41, 5.74) is 8.11. The molecule has 19 heavy (non-hydrogen) atoms. The molecule has 1 unspecified atom stereocenters. The average Bonchev–Trinajstić information content (AvgIpc) is 3.15. The molecule has 0 N–H and O–H groups in total. The Morgan fingerprint density at radius 2 is 1.58 bits per heavy atom. The molecule has 3 rings (SSSR count). The highest BCUT2D eigenvalue weighted by Crippen LogP contribution is 2.31. The van der Waals surface area contributed by atoms with Crippen LogP contribution in [0.5, 0.6) is 0 Å². The summed E-state index contributed by atoms with van der Waals surface area (Å²) in [6, 6.07) is 13.5. The van der Waals surface area contributed by atoms with E-state index in [-0.39, 0.29) is 0 Å². The summed E-state index contributed by atoms with van der Waals surface area (Å²) < 4.78 is 5.39. The molecule has 0 saturated carbocycles. The van der Waals surface area contributed by atoms with E-state index in [4.69, 9.17) is 4.74 Å². The molecule has 0 amide bonds. The van der Waals surface area contributed by atoms with E-state index in [1.54, 1.807) is 0 Å². The predicted octanol–water partition coefficient (Wildman–Crippen LogP) is 4.22. The predicted molar refractivity (Wildman–Crippen MR) is 79.5 cm³/mol. The van der Waals surface area contributed by atoms with Gasteiger partial charge >= 0.3 is 0 Å². The Hall–Kier alpha value is -1.60. The van der Waals surface area contributed by atoms with Gasteiger partial charge in [0.2, 0.25) is 0 Å². The van der Waals surface area contributed by atoms with E-state index in [1.807, 2.05) is 0 Å². The minimum atomic E-state index is 0.436. The second-order valence-corrected chi connectivity index (χ2v) is 5.64. The maximum absolute atomic E-state index is 5.39. The number of hydrogen-bond donors (Lipinski definition) is 0. The monoisotopic (exact) mass is 252 g/mol. The molecule has 1 atom stereocenters. The van der Waals surface area contributed by atoms with Gasteiger partial charge in [0.1, 0.15) is 0 Å². The van der Waals surface area contributed by atoms with E-state index < -0.39 is 0 Å². The Balaban J connectivity index is 2.07. The van der Waals surface area contributed by atoms with Crippen molar-refractivity contribution < 1.29 is 4.74 Å². The van der Waals surface area contributed by atoms with Crippen molar-refractivity contribution in [3.05, 3.63) is 58.7 Å². The van der Waals surface area contributed by atoms with E-state index >= 15 is 0 Å². The van der Waals surface area contributed by atoms with E-state index in [1.165, 1.54) is 33.4 Å². The Morgan fingerprint density at radius 1 is 0.947 bits per heavy atom. The fraction of sp³-hybridized carbons (Fsp3) is 0.333. The van der Waals surface area contributed by atoms with Crippen molar-refractivity contribution in [1.29, 1.82) is 0 Å². The molecule has 1 saturated heterocycles. The highest BCUT2D eigenvalue weighted by molar-refractivity contribution is 5.71. The van der Waals surface area contributed by atoms with Gasteiger partial charge in [-0.3, -0.25) is 0 Å². The Labute approximate surface area is 115 Å². The number of hydrogen-bond acceptors (Lipinski definition) is 1. The van der Waals surface area contributed by atoms with Crippen molar-refractivity contribution in [2.75, 3.05) is 6.61 Å². The zero-order valence-electron chi connectivity index (χ0n) is 11.9. The SMILES string of the molecule is Cc1ccc(-c2ccc(C)cc2CC2CO2)c(C)c1. The van der Waals surface area contributed by atoms with Gasteiger partial charge in [-0.05, 0) is 43.0 Å². The second-order valence-electron chi connectivity index (χ2n) is 5.64. The molecule has 1 aliphatic heterocycles. The van der Waals surface area contributed by atoms with Crippen LogP contribution in [0.4, 0.5) is 0 Å². The minimum absolute atomic E-state index is 0.436. The van der Waals surface area contributed by atoms with E-state index in [0.29, 0.717) is 6.10 Å². The van der Waals surface area contributed by atoms with Gasteiger partial charge in [0.25, 0.3) is 0 Å². The molecule has 0 bridgehead atoms. The molecular formula is C18H20O. The van der Waals surface area contributed by atoms with Crippen LogP contribution >= 0.6 is 0 Å². The van der Waals surface area contributed by atoms with E-state index in [2.05, 4.69) is 57.2 Å². The summed E-state index contributed by atoms with van der Waals surface area (Å²) in [4.78, 5) is 0. The molecule has 0 aromatic heterocycles. The average molecular weight is 252 g/mol. The third-order valence-corrected chi connectivity index (χ3v) is 3.78. The maximum atomic E-state index is 5.39. The van der Waals surface area contributed by atoms with Crippen LogP contribution in [-0.2, 0) is 11.2 Å². The highest BCUT2D eigenvalue weighted by atomic mass is 16.6. The summed E-state index contributed by atoms with van der Waals surface area (Å²) >= 11 is 0.